The molecule has 15 heavy (non-hydrogen) atoms. The summed E-state index contributed by atoms with van der Waals surface area (Å²) in [5.74, 6) is 0.732. The summed E-state index contributed by atoms with van der Waals surface area (Å²) < 4.78 is 9.65. The number of benzene rings is 1. The molecular formula is C9H10N3O3+. The van der Waals surface area contributed by atoms with Crippen LogP contribution in [0.5, 0.6) is 5.75 Å². The van der Waals surface area contributed by atoms with Gasteiger partial charge in [-0.1, -0.05) is 12.1 Å². The van der Waals surface area contributed by atoms with Crippen LogP contribution in [0.4, 0.5) is 4.79 Å². The van der Waals surface area contributed by atoms with Crippen molar-refractivity contribution in [3.63, 3.8) is 0 Å². The van der Waals surface area contributed by atoms with E-state index in [1.54, 1.807) is 31.4 Å². The lowest BCUT2D eigenvalue weighted by atomic mass is 10.2. The number of amides is 1. The molecule has 0 fully saturated rings. The van der Waals surface area contributed by atoms with Crippen LogP contribution < -0.4 is 9.65 Å². The minimum Gasteiger partial charge on any atom is -0.497 e. The summed E-state index contributed by atoms with van der Waals surface area (Å²) >= 11 is 0. The van der Waals surface area contributed by atoms with E-state index in [9.17, 15) is 4.79 Å². The van der Waals surface area contributed by atoms with Gasteiger partial charge in [-0.15, -0.1) is 0 Å². The predicted molar refractivity (Wildman–Crippen MR) is 50.5 cm³/mol. The van der Waals surface area contributed by atoms with Crippen molar-refractivity contribution in [1.29, 1.82) is 5.53 Å². The maximum absolute atomic E-state index is 10.7. The first-order valence-electron chi connectivity index (χ1n) is 4.13. The fourth-order valence-corrected chi connectivity index (χ4v) is 0.937. The average molecular weight is 208 g/mol. The summed E-state index contributed by atoms with van der Waals surface area (Å²) in [5.41, 5.74) is 7.12. The lowest BCUT2D eigenvalue weighted by molar-refractivity contribution is 0.148. The highest BCUT2D eigenvalue weighted by Gasteiger charge is 2.05. The highest BCUT2D eigenvalue weighted by molar-refractivity contribution is 5.67. The van der Waals surface area contributed by atoms with E-state index in [1.165, 1.54) is 0 Å². The number of hydrogen-bond acceptors (Lipinski definition) is 4. The van der Waals surface area contributed by atoms with Gasteiger partial charge in [0.05, 0.1) is 7.11 Å². The van der Waals surface area contributed by atoms with E-state index in [0.29, 0.717) is 0 Å². The summed E-state index contributed by atoms with van der Waals surface area (Å²) in [7, 11) is 1.57. The monoisotopic (exact) mass is 208 g/mol. The van der Waals surface area contributed by atoms with Crippen LogP contribution in [0, 0.1) is 5.53 Å². The molecule has 0 saturated carbocycles. The number of carbonyl (C=O) groups excluding carboxylic acids is 1. The molecule has 1 amide bonds. The van der Waals surface area contributed by atoms with Gasteiger partial charge in [0.1, 0.15) is 17.9 Å². The third-order valence-electron chi connectivity index (χ3n) is 1.65. The largest absolute Gasteiger partial charge is 0.512 e. The number of carbonyl (C=O) groups is 1. The average Bonchev–Trinajstić information content (AvgIpc) is 2.27. The number of nitrogens with one attached hydrogen (secondary N) is 1. The van der Waals surface area contributed by atoms with Crippen molar-refractivity contribution in [1.82, 2.24) is 4.91 Å². The number of rotatable bonds is 3. The number of ether oxygens (including phenoxy) is 2. The Labute approximate surface area is 86.0 Å². The van der Waals surface area contributed by atoms with Crippen molar-refractivity contribution in [3.8, 4) is 5.75 Å². The molecule has 0 aromatic heterocycles. The molecule has 0 saturated heterocycles. The molecule has 1 aromatic rings. The van der Waals surface area contributed by atoms with Gasteiger partial charge in [-0.05, 0) is 17.7 Å². The topological polar surface area (TPSA) is 85.8 Å². The smallest absolute Gasteiger partial charge is 0.497 e. The fraction of sp³-hybridized carbons (Fsp3) is 0.222. The van der Waals surface area contributed by atoms with Crippen molar-refractivity contribution in [3.05, 3.63) is 29.8 Å². The number of nitrogens with zero attached hydrogens (tertiary/aromatic N) is 2. The maximum atomic E-state index is 10.7. The quantitative estimate of drug-likeness (QED) is 0.607. The second-order valence-corrected chi connectivity index (χ2v) is 2.60. The molecule has 1 rings (SSSR count). The zero-order chi connectivity index (χ0) is 11.1. The van der Waals surface area contributed by atoms with E-state index in [2.05, 4.69) is 14.8 Å². The zero-order valence-electron chi connectivity index (χ0n) is 8.14. The highest BCUT2D eigenvalue weighted by Crippen LogP contribution is 2.11. The SMILES string of the molecule is COc1ccc(COC(=O)N=[N+]=N)cc1. The molecule has 1 N–H and O–H groups in total. The molecular weight excluding hydrogens is 198 g/mol. The van der Waals surface area contributed by atoms with Gasteiger partial charge in [0.25, 0.3) is 0 Å². The molecule has 0 spiro atoms. The zero-order valence-corrected chi connectivity index (χ0v) is 8.14. The summed E-state index contributed by atoms with van der Waals surface area (Å²) in [4.78, 5) is 13.3. The molecule has 0 bridgehead atoms. The third kappa shape index (κ3) is 3.58. The normalized spacial score (nSPS) is 8.87. The molecule has 0 radical (unpaired) electrons. The maximum Gasteiger partial charge on any atom is 0.512 e. The van der Waals surface area contributed by atoms with Crippen molar-refractivity contribution < 1.29 is 14.3 Å². The van der Waals surface area contributed by atoms with Crippen LogP contribution in [0.25, 0.3) is 0 Å². The van der Waals surface area contributed by atoms with Crippen molar-refractivity contribution in [2.75, 3.05) is 7.11 Å². The van der Waals surface area contributed by atoms with Gasteiger partial charge in [0.2, 0.25) is 10.0 Å². The Kier molecular flexibility index (Phi) is 4.00. The minimum absolute atomic E-state index is 0.0991. The summed E-state index contributed by atoms with van der Waals surface area (Å²) in [5, 5.41) is 2.88. The Morgan fingerprint density at radius 2 is 2.13 bits per heavy atom. The predicted octanol–water partition coefficient (Wildman–Crippen LogP) is 1.88. The van der Waals surface area contributed by atoms with Crippen LogP contribution in [0.3, 0.4) is 0 Å². The van der Waals surface area contributed by atoms with Gasteiger partial charge in [0, 0.05) is 0 Å². The van der Waals surface area contributed by atoms with Crippen molar-refractivity contribution in [2.45, 2.75) is 6.61 Å². The Morgan fingerprint density at radius 3 is 2.67 bits per heavy atom. The van der Waals surface area contributed by atoms with Crippen LogP contribution in [-0.2, 0) is 11.3 Å². The van der Waals surface area contributed by atoms with Crippen molar-refractivity contribution >= 4 is 6.09 Å². The Bertz CT molecular complexity index is 382. The molecule has 0 heterocycles. The number of methoxy groups -OCH3 is 1. The second-order valence-electron chi connectivity index (χ2n) is 2.60. The van der Waals surface area contributed by atoms with E-state index in [-0.39, 0.29) is 6.61 Å². The van der Waals surface area contributed by atoms with Gasteiger partial charge in [0.15, 0.2) is 0 Å². The first-order chi connectivity index (χ1) is 7.26. The Hall–Kier alpha value is -2.20. The molecule has 78 valence electrons. The Morgan fingerprint density at radius 1 is 1.47 bits per heavy atom. The Balaban J connectivity index is 2.51. The first-order valence-corrected chi connectivity index (χ1v) is 4.13. The summed E-state index contributed by atoms with van der Waals surface area (Å²) in [6.45, 7) is 0.0991. The van der Waals surface area contributed by atoms with E-state index >= 15 is 0 Å². The van der Waals surface area contributed by atoms with E-state index < -0.39 is 6.09 Å². The highest BCUT2D eigenvalue weighted by atomic mass is 16.5. The van der Waals surface area contributed by atoms with Gasteiger partial charge in [-0.3, -0.25) is 0 Å². The molecule has 0 unspecified atom stereocenters. The third-order valence-corrected chi connectivity index (χ3v) is 1.65. The van der Waals surface area contributed by atoms with E-state index in [4.69, 9.17) is 10.3 Å². The van der Waals surface area contributed by atoms with Gasteiger partial charge in [-0.25, -0.2) is 4.79 Å². The molecule has 6 nitrogen and oxygen atoms in total. The van der Waals surface area contributed by atoms with Crippen LogP contribution in [-0.4, -0.2) is 13.2 Å². The molecule has 6 heteroatoms. The van der Waals surface area contributed by atoms with E-state index in [0.717, 1.165) is 11.3 Å². The number of hydrogen-bond donors (Lipinski definition) is 1. The van der Waals surface area contributed by atoms with Crippen LogP contribution in [0.15, 0.2) is 29.4 Å². The van der Waals surface area contributed by atoms with Crippen LogP contribution >= 0.6 is 0 Å². The first kappa shape index (κ1) is 10.9. The molecule has 0 atom stereocenters. The molecule has 1 aromatic carbocycles. The standard InChI is InChI=1S/C9H10N3O3/c1-14-8-4-2-7(3-5-8)6-15-9(13)11-12-10/h2-5,10H,6H2,1H3/q+1. The molecule has 0 aliphatic rings. The van der Waals surface area contributed by atoms with Gasteiger partial charge >= 0.3 is 6.09 Å². The van der Waals surface area contributed by atoms with Gasteiger partial charge < -0.3 is 9.47 Å². The molecule has 0 aliphatic carbocycles. The van der Waals surface area contributed by atoms with Gasteiger partial charge in [-0.2, -0.15) is 0 Å². The summed E-state index contributed by atoms with van der Waals surface area (Å²) in [6.07, 6.45) is -0.874. The summed E-state index contributed by atoms with van der Waals surface area (Å²) in [6, 6.07) is 7.05. The lowest BCUT2D eigenvalue weighted by Gasteiger charge is -2.01. The lowest BCUT2D eigenvalue weighted by Crippen LogP contribution is -1.99. The van der Waals surface area contributed by atoms with Crippen molar-refractivity contribution in [2.24, 2.45) is 5.11 Å². The molecule has 0 aliphatic heterocycles. The van der Waals surface area contributed by atoms with E-state index in [1.807, 2.05) is 0 Å². The minimum atomic E-state index is -0.874. The second kappa shape index (κ2) is 5.51. The van der Waals surface area contributed by atoms with Crippen LogP contribution in [0.1, 0.15) is 5.56 Å². The van der Waals surface area contributed by atoms with Crippen LogP contribution in [0.2, 0.25) is 0 Å². The fourth-order valence-electron chi connectivity index (χ4n) is 0.937.